The van der Waals surface area contributed by atoms with Crippen molar-refractivity contribution < 1.29 is 21.4 Å². The molecule has 0 radical (unpaired) electrons. The van der Waals surface area contributed by atoms with Crippen molar-refractivity contribution in [1.29, 1.82) is 0 Å². The van der Waals surface area contributed by atoms with Crippen molar-refractivity contribution in [2.45, 2.75) is 52.2 Å². The van der Waals surface area contributed by atoms with Gasteiger partial charge in [0.1, 0.15) is 0 Å². The molecule has 0 aromatic heterocycles. The van der Waals surface area contributed by atoms with Crippen molar-refractivity contribution in [1.82, 2.24) is 0 Å². The van der Waals surface area contributed by atoms with Crippen LogP contribution in [-0.4, -0.2) is 16.9 Å². The number of alkyl halides is 2. The van der Waals surface area contributed by atoms with E-state index < -0.39 is 24.1 Å². The highest BCUT2D eigenvalue weighted by Crippen LogP contribution is 2.10. The fourth-order valence-electron chi connectivity index (χ4n) is 0.743. The van der Waals surface area contributed by atoms with Gasteiger partial charge in [0, 0.05) is 12.8 Å². The number of rotatable bonds is 8. The first-order valence-electron chi connectivity index (χ1n) is 4.64. The molecule has 0 saturated heterocycles. The molecule has 14 heavy (non-hydrogen) atoms. The maximum absolute atomic E-state index is 12.7. The zero-order chi connectivity index (χ0) is 11.0. The van der Waals surface area contributed by atoms with Crippen LogP contribution < -0.4 is 0 Å². The average Bonchev–Trinajstić information content (AvgIpc) is 2.03. The Balaban J connectivity index is 3.63. The minimum atomic E-state index is -2.33. The second kappa shape index (κ2) is 8.26. The quantitative estimate of drug-likeness (QED) is 0.643. The van der Waals surface area contributed by atoms with Gasteiger partial charge in [0.05, 0.1) is 0 Å². The van der Waals surface area contributed by atoms with Crippen molar-refractivity contribution in [2.24, 2.45) is 0 Å². The van der Waals surface area contributed by atoms with Crippen LogP contribution in [0.2, 0.25) is 0 Å². The van der Waals surface area contributed by atoms with E-state index in [4.69, 9.17) is 0 Å². The summed E-state index contributed by atoms with van der Waals surface area (Å²) in [6.45, 7) is 3.52. The second-order valence-corrected chi connectivity index (χ2v) is 3.59. The van der Waals surface area contributed by atoms with Crippen LogP contribution >= 0.6 is 0 Å². The summed E-state index contributed by atoms with van der Waals surface area (Å²) in [6, 6.07) is 0. The SMILES string of the molecule is CCCC(F)OS(=O)OC(F)CCC. The molecule has 0 aliphatic heterocycles. The van der Waals surface area contributed by atoms with Crippen molar-refractivity contribution in [3.05, 3.63) is 0 Å². The lowest BCUT2D eigenvalue weighted by molar-refractivity contribution is 0.0186. The molecule has 0 fully saturated rings. The van der Waals surface area contributed by atoms with E-state index in [0.29, 0.717) is 12.8 Å². The molecule has 2 unspecified atom stereocenters. The summed E-state index contributed by atoms with van der Waals surface area (Å²) in [7, 11) is 0. The summed E-state index contributed by atoms with van der Waals surface area (Å²) in [5, 5.41) is 0. The lowest BCUT2D eigenvalue weighted by Crippen LogP contribution is -2.15. The van der Waals surface area contributed by atoms with Crippen molar-refractivity contribution in [2.75, 3.05) is 0 Å². The van der Waals surface area contributed by atoms with Gasteiger partial charge in [0.15, 0.2) is 0 Å². The van der Waals surface area contributed by atoms with Gasteiger partial charge in [0.25, 0.3) is 0 Å². The summed E-state index contributed by atoms with van der Waals surface area (Å²) in [6.07, 6.45) is -1.94. The van der Waals surface area contributed by atoms with Crippen LogP contribution in [-0.2, 0) is 19.7 Å². The Morgan fingerprint density at radius 2 is 1.43 bits per heavy atom. The Morgan fingerprint density at radius 1 is 1.07 bits per heavy atom. The second-order valence-electron chi connectivity index (χ2n) is 2.79. The van der Waals surface area contributed by atoms with Crippen molar-refractivity contribution in [3.63, 3.8) is 0 Å². The van der Waals surface area contributed by atoms with E-state index in [2.05, 4.69) is 8.37 Å². The van der Waals surface area contributed by atoms with Gasteiger partial charge in [-0.1, -0.05) is 26.7 Å². The van der Waals surface area contributed by atoms with E-state index in [9.17, 15) is 13.0 Å². The minimum absolute atomic E-state index is 0.125. The Kier molecular flexibility index (Phi) is 8.21. The molecular formula is C8H16F2O3S. The van der Waals surface area contributed by atoms with Crippen molar-refractivity contribution in [3.8, 4) is 0 Å². The highest BCUT2D eigenvalue weighted by atomic mass is 32.2. The van der Waals surface area contributed by atoms with Gasteiger partial charge >= 0.3 is 11.4 Å². The molecule has 0 heterocycles. The molecule has 0 rings (SSSR count). The van der Waals surface area contributed by atoms with Crippen LogP contribution in [0, 0.1) is 0 Å². The molecule has 0 aromatic carbocycles. The van der Waals surface area contributed by atoms with Crippen LogP contribution in [0.25, 0.3) is 0 Å². The first-order chi connectivity index (χ1) is 6.60. The highest BCUT2D eigenvalue weighted by Gasteiger charge is 2.16. The predicted molar refractivity (Wildman–Crippen MR) is 49.9 cm³/mol. The Morgan fingerprint density at radius 3 is 1.71 bits per heavy atom. The fourth-order valence-corrected chi connectivity index (χ4v) is 1.32. The number of halogens is 2. The predicted octanol–water partition coefficient (Wildman–Crippen LogP) is 2.79. The highest BCUT2D eigenvalue weighted by molar-refractivity contribution is 7.75. The van der Waals surface area contributed by atoms with E-state index in [1.54, 1.807) is 13.8 Å². The summed E-state index contributed by atoms with van der Waals surface area (Å²) >= 11 is -2.33. The molecule has 86 valence electrons. The summed E-state index contributed by atoms with van der Waals surface area (Å²) in [4.78, 5) is 0. The Hall–Kier alpha value is -0.0700. The summed E-state index contributed by atoms with van der Waals surface area (Å²) in [5.41, 5.74) is 0. The van der Waals surface area contributed by atoms with Crippen LogP contribution in [0.1, 0.15) is 39.5 Å². The Bertz CT molecular complexity index is 153. The number of hydrogen-bond acceptors (Lipinski definition) is 3. The van der Waals surface area contributed by atoms with Crippen LogP contribution in [0.15, 0.2) is 0 Å². The Labute approximate surface area is 85.6 Å². The van der Waals surface area contributed by atoms with E-state index in [1.807, 2.05) is 0 Å². The molecule has 6 heteroatoms. The zero-order valence-electron chi connectivity index (χ0n) is 8.37. The zero-order valence-corrected chi connectivity index (χ0v) is 9.19. The van der Waals surface area contributed by atoms with Crippen LogP contribution in [0.3, 0.4) is 0 Å². The van der Waals surface area contributed by atoms with E-state index in [1.165, 1.54) is 0 Å². The van der Waals surface area contributed by atoms with E-state index in [-0.39, 0.29) is 12.8 Å². The van der Waals surface area contributed by atoms with Gasteiger partial charge in [-0.05, 0) is 0 Å². The molecule has 3 nitrogen and oxygen atoms in total. The van der Waals surface area contributed by atoms with E-state index in [0.717, 1.165) is 0 Å². The third-order valence-electron chi connectivity index (χ3n) is 1.40. The van der Waals surface area contributed by atoms with Gasteiger partial charge in [0.2, 0.25) is 12.7 Å². The third kappa shape index (κ3) is 7.34. The molecule has 0 amide bonds. The van der Waals surface area contributed by atoms with E-state index >= 15 is 0 Å². The summed E-state index contributed by atoms with van der Waals surface area (Å²) < 4.78 is 44.6. The molecular weight excluding hydrogens is 214 g/mol. The van der Waals surface area contributed by atoms with Gasteiger partial charge < -0.3 is 0 Å². The average molecular weight is 230 g/mol. The molecule has 0 saturated carbocycles. The smallest absolute Gasteiger partial charge is 0.231 e. The number of hydrogen-bond donors (Lipinski definition) is 0. The first-order valence-corrected chi connectivity index (χ1v) is 5.64. The molecule has 0 aliphatic carbocycles. The fraction of sp³-hybridized carbons (Fsp3) is 1.00. The van der Waals surface area contributed by atoms with Crippen LogP contribution in [0.5, 0.6) is 0 Å². The lowest BCUT2D eigenvalue weighted by Gasteiger charge is -2.09. The normalized spacial score (nSPS) is 17.7. The van der Waals surface area contributed by atoms with Crippen molar-refractivity contribution >= 4 is 11.4 Å². The van der Waals surface area contributed by atoms with Gasteiger partial charge in [-0.15, -0.1) is 0 Å². The maximum atomic E-state index is 12.7. The van der Waals surface area contributed by atoms with Crippen LogP contribution in [0.4, 0.5) is 8.78 Å². The summed E-state index contributed by atoms with van der Waals surface area (Å²) in [5.74, 6) is 0. The minimum Gasteiger partial charge on any atom is -0.231 e. The molecule has 2 atom stereocenters. The molecule has 0 aliphatic rings. The first kappa shape index (κ1) is 13.9. The third-order valence-corrected chi connectivity index (χ3v) is 2.13. The molecule has 0 aromatic rings. The standard InChI is InChI=1S/C8H16F2O3S/c1-3-5-7(9)12-14(11)13-8(10)6-4-2/h7-8H,3-6H2,1-2H3. The molecule has 0 bridgehead atoms. The maximum Gasteiger partial charge on any atom is 0.310 e. The lowest BCUT2D eigenvalue weighted by atomic mass is 10.3. The van der Waals surface area contributed by atoms with Gasteiger partial charge in [-0.25, -0.2) is 17.1 Å². The molecule has 0 N–H and O–H groups in total. The topological polar surface area (TPSA) is 35.5 Å². The van der Waals surface area contributed by atoms with Gasteiger partial charge in [-0.2, -0.15) is 4.21 Å². The monoisotopic (exact) mass is 230 g/mol. The molecule has 0 spiro atoms. The van der Waals surface area contributed by atoms with Gasteiger partial charge in [-0.3, -0.25) is 0 Å². The largest absolute Gasteiger partial charge is 0.310 e.